The molecule has 10 N–H and O–H groups in total. The molecule has 0 spiro atoms. The van der Waals surface area contributed by atoms with Crippen molar-refractivity contribution < 1.29 is 59.3 Å². The monoisotopic (exact) mass is 783 g/mol. The van der Waals surface area contributed by atoms with E-state index in [1.807, 2.05) is 6.92 Å². The van der Waals surface area contributed by atoms with Gasteiger partial charge in [-0.25, -0.2) is 9.36 Å². The van der Waals surface area contributed by atoms with E-state index in [4.69, 9.17) is 9.47 Å². The van der Waals surface area contributed by atoms with E-state index < -0.39 is 79.0 Å². The van der Waals surface area contributed by atoms with Crippen LogP contribution in [0.1, 0.15) is 70.3 Å². The number of hydrogen-bond donors (Lipinski definition) is 10. The van der Waals surface area contributed by atoms with Gasteiger partial charge in [0.2, 0.25) is 23.6 Å². The van der Waals surface area contributed by atoms with Crippen LogP contribution in [0.4, 0.5) is 0 Å². The minimum atomic E-state index is -1.49. The number of unbranched alkanes of at least 4 members (excludes halogenated alkanes) is 2. The first kappa shape index (κ1) is 43.5. The predicted molar refractivity (Wildman–Crippen MR) is 186 cm³/mol. The number of aliphatic hydroxyl groups is 6. The minimum absolute atomic E-state index is 0.0348. The molecule has 0 radical (unpaired) electrons. The van der Waals surface area contributed by atoms with Gasteiger partial charge in [0.25, 0.3) is 0 Å². The summed E-state index contributed by atoms with van der Waals surface area (Å²) in [5, 5.41) is 87.4. The highest BCUT2D eigenvalue weighted by Crippen LogP contribution is 2.28. The van der Waals surface area contributed by atoms with Crippen LogP contribution in [0.5, 0.6) is 0 Å². The molecule has 2 aliphatic heterocycles. The summed E-state index contributed by atoms with van der Waals surface area (Å²) in [6.45, 7) is 4.50. The molecule has 0 bridgehead atoms. The standard InChI is InChI=1S/C32H53N11O12/c1-4-33-21(44)8-6-5-7-9-34-22(45)14-41(15-23(46)35-10-19-12-42(39-37-19)31-29(52)27(50)25(48)17(2)54-31)16-24(47)36-11-20-13-43(40-38-20)32-30(53)28(51)26(49)18(3)55-32/h12-13,17-18,25-32,48-53H,4-11,14-16H2,1-3H3,(H,33,44)(H,34,45)(H,35,46)(H,36,47)/t17-,18-,25+,26+,27+,28+,29-,30-,31-,32-/m0/s1. The Bertz CT molecular complexity index is 1470. The molecule has 2 aliphatic rings. The van der Waals surface area contributed by atoms with Gasteiger partial charge in [-0.1, -0.05) is 16.8 Å². The first-order valence-electron chi connectivity index (χ1n) is 18.2. The number of nitrogens with zero attached hydrogens (tertiary/aromatic N) is 7. The van der Waals surface area contributed by atoms with Crippen molar-refractivity contribution in [1.82, 2.24) is 56.2 Å². The van der Waals surface area contributed by atoms with Crippen LogP contribution < -0.4 is 21.3 Å². The number of aliphatic hydroxyl groups excluding tert-OH is 6. The summed E-state index contributed by atoms with van der Waals surface area (Å²) in [7, 11) is 0. The van der Waals surface area contributed by atoms with Crippen LogP contribution in [-0.4, -0.2) is 171 Å². The summed E-state index contributed by atoms with van der Waals surface area (Å²) in [6.07, 6.45) is -7.25. The van der Waals surface area contributed by atoms with Gasteiger partial charge in [-0.05, 0) is 33.6 Å². The number of carbonyl (C=O) groups excluding carboxylic acids is 4. The summed E-state index contributed by atoms with van der Waals surface area (Å²) in [4.78, 5) is 51.8. The lowest BCUT2D eigenvalue weighted by molar-refractivity contribution is -0.243. The van der Waals surface area contributed by atoms with Gasteiger partial charge in [-0.15, -0.1) is 10.2 Å². The Labute approximate surface area is 316 Å². The largest absolute Gasteiger partial charge is 0.388 e. The van der Waals surface area contributed by atoms with E-state index in [1.165, 1.54) is 31.1 Å². The normalized spacial score (nSPS) is 28.1. The number of amides is 4. The molecule has 10 atom stereocenters. The first-order valence-corrected chi connectivity index (χ1v) is 18.2. The maximum absolute atomic E-state index is 13.0. The molecule has 23 nitrogen and oxygen atoms in total. The quantitative estimate of drug-likeness (QED) is 0.0596. The number of aromatic nitrogens is 6. The lowest BCUT2D eigenvalue weighted by atomic mass is 9.99. The number of nitrogens with one attached hydrogen (secondary N) is 4. The molecular weight excluding hydrogens is 730 g/mol. The van der Waals surface area contributed by atoms with Crippen molar-refractivity contribution in [2.45, 2.75) is 121 Å². The Morgan fingerprint density at radius 3 is 1.55 bits per heavy atom. The molecule has 0 aliphatic carbocycles. The molecule has 2 fully saturated rings. The number of carbonyl (C=O) groups is 4. The highest BCUT2D eigenvalue weighted by molar-refractivity contribution is 5.84. The zero-order chi connectivity index (χ0) is 40.2. The van der Waals surface area contributed by atoms with Crippen LogP contribution in [0.2, 0.25) is 0 Å². The molecule has 2 aromatic rings. The Kier molecular flexibility index (Phi) is 16.3. The van der Waals surface area contributed by atoms with Crippen molar-refractivity contribution in [3.05, 3.63) is 23.8 Å². The summed E-state index contributed by atoms with van der Waals surface area (Å²) < 4.78 is 13.5. The topological polar surface area (TPSA) is 321 Å². The molecule has 2 saturated heterocycles. The van der Waals surface area contributed by atoms with Crippen molar-refractivity contribution >= 4 is 23.6 Å². The Hall–Kier alpha value is -4.20. The zero-order valence-electron chi connectivity index (χ0n) is 31.0. The zero-order valence-corrected chi connectivity index (χ0v) is 31.0. The van der Waals surface area contributed by atoms with Gasteiger partial charge in [-0.2, -0.15) is 0 Å². The van der Waals surface area contributed by atoms with Crippen LogP contribution in [0.25, 0.3) is 0 Å². The lowest BCUT2D eigenvalue weighted by Gasteiger charge is -2.38. The smallest absolute Gasteiger partial charge is 0.234 e. The molecular formula is C32H53N11O12. The van der Waals surface area contributed by atoms with Gasteiger partial charge in [0.1, 0.15) is 48.0 Å². The van der Waals surface area contributed by atoms with Crippen LogP contribution >= 0.6 is 0 Å². The molecule has 4 rings (SSSR count). The fraction of sp³-hybridized carbons (Fsp3) is 0.750. The van der Waals surface area contributed by atoms with Gasteiger partial charge in [0.05, 0.1) is 57.3 Å². The van der Waals surface area contributed by atoms with Crippen molar-refractivity contribution in [3.8, 4) is 0 Å². The molecule has 0 unspecified atom stereocenters. The van der Waals surface area contributed by atoms with Crippen molar-refractivity contribution in [2.75, 3.05) is 32.7 Å². The van der Waals surface area contributed by atoms with Crippen LogP contribution in [0, 0.1) is 0 Å². The van der Waals surface area contributed by atoms with Crippen molar-refractivity contribution in [2.24, 2.45) is 0 Å². The third-order valence-corrected chi connectivity index (χ3v) is 9.10. The average Bonchev–Trinajstić information content (AvgIpc) is 3.83. The summed E-state index contributed by atoms with van der Waals surface area (Å²) >= 11 is 0. The van der Waals surface area contributed by atoms with E-state index in [-0.39, 0.29) is 50.0 Å². The Balaban J connectivity index is 1.30. The first-order chi connectivity index (χ1) is 26.2. The molecule has 0 saturated carbocycles. The highest BCUT2D eigenvalue weighted by Gasteiger charge is 2.44. The molecule has 0 aromatic carbocycles. The van der Waals surface area contributed by atoms with E-state index >= 15 is 0 Å². The number of hydrogen-bond acceptors (Lipinski definition) is 17. The van der Waals surface area contributed by atoms with E-state index in [2.05, 4.69) is 41.9 Å². The molecule has 23 heteroatoms. The summed E-state index contributed by atoms with van der Waals surface area (Å²) in [6, 6.07) is 0. The minimum Gasteiger partial charge on any atom is -0.388 e. The predicted octanol–water partition coefficient (Wildman–Crippen LogP) is -5.08. The second kappa shape index (κ2) is 20.6. The van der Waals surface area contributed by atoms with Crippen LogP contribution in [-0.2, 0) is 41.7 Å². The average molecular weight is 784 g/mol. The lowest BCUT2D eigenvalue weighted by Crippen LogP contribution is -2.54. The third-order valence-electron chi connectivity index (χ3n) is 9.10. The molecule has 55 heavy (non-hydrogen) atoms. The fourth-order valence-corrected chi connectivity index (χ4v) is 5.96. The summed E-state index contributed by atoms with van der Waals surface area (Å²) in [5.41, 5.74) is 0.539. The van der Waals surface area contributed by atoms with Gasteiger partial charge in [-0.3, -0.25) is 24.1 Å². The van der Waals surface area contributed by atoms with E-state index in [1.54, 1.807) is 0 Å². The Morgan fingerprint density at radius 2 is 1.09 bits per heavy atom. The van der Waals surface area contributed by atoms with Gasteiger partial charge >= 0.3 is 0 Å². The maximum atomic E-state index is 13.0. The molecule has 2 aromatic heterocycles. The van der Waals surface area contributed by atoms with Gasteiger partial charge < -0.3 is 61.4 Å². The highest BCUT2D eigenvalue weighted by atomic mass is 16.6. The van der Waals surface area contributed by atoms with E-state index in [0.29, 0.717) is 38.8 Å². The SMILES string of the molecule is CCNC(=O)CCCCCNC(=O)CN(CC(=O)NCc1cn([C@H]2O[C@@H](C)[C@@H](O)[C@@H](O)[C@@H]2O)nn1)CC(=O)NCc1cn([C@H]2O[C@@H](C)[C@@H](O)[C@@H](O)[C@@H]2O)nn1. The number of rotatable bonds is 19. The second-order valence-corrected chi connectivity index (χ2v) is 13.6. The van der Waals surface area contributed by atoms with Crippen LogP contribution in [0.3, 0.4) is 0 Å². The van der Waals surface area contributed by atoms with Crippen LogP contribution in [0.15, 0.2) is 12.4 Å². The van der Waals surface area contributed by atoms with Gasteiger partial charge in [0, 0.05) is 19.5 Å². The van der Waals surface area contributed by atoms with Gasteiger partial charge in [0.15, 0.2) is 12.5 Å². The summed E-state index contributed by atoms with van der Waals surface area (Å²) in [5.74, 6) is -1.59. The molecule has 4 amide bonds. The van der Waals surface area contributed by atoms with Crippen molar-refractivity contribution in [3.63, 3.8) is 0 Å². The second-order valence-electron chi connectivity index (χ2n) is 13.6. The Morgan fingerprint density at radius 1 is 0.636 bits per heavy atom. The fourth-order valence-electron chi connectivity index (χ4n) is 5.96. The molecule has 308 valence electrons. The van der Waals surface area contributed by atoms with E-state index in [9.17, 15) is 49.8 Å². The maximum Gasteiger partial charge on any atom is 0.234 e. The van der Waals surface area contributed by atoms with Crippen molar-refractivity contribution in [1.29, 1.82) is 0 Å². The number of ether oxygens (including phenoxy) is 2. The van der Waals surface area contributed by atoms with E-state index in [0.717, 1.165) is 9.36 Å². The third kappa shape index (κ3) is 12.4. The molecule has 4 heterocycles.